The molecule has 4 aromatic rings. The Morgan fingerprint density at radius 3 is 2.14 bits per heavy atom. The summed E-state index contributed by atoms with van der Waals surface area (Å²) in [5.74, 6) is 0.300. The molecule has 0 aromatic heterocycles. The molecule has 1 aliphatic rings. The maximum atomic E-state index is 6.42. The van der Waals surface area contributed by atoms with Crippen molar-refractivity contribution in [1.29, 1.82) is 0 Å². The Kier molecular flexibility index (Phi) is 14.5. The molecule has 0 bridgehead atoms. The summed E-state index contributed by atoms with van der Waals surface area (Å²) in [5.41, 5.74) is 5.66. The third-order valence-corrected chi connectivity index (χ3v) is 7.21. The molecule has 0 aliphatic heterocycles. The van der Waals surface area contributed by atoms with Crippen LogP contribution in [0.25, 0.3) is 27.6 Å². The molecule has 192 valence electrons. The number of hydrogen-bond donors (Lipinski definition) is 0. The van der Waals surface area contributed by atoms with Crippen molar-refractivity contribution < 1.29 is 27.8 Å². The van der Waals surface area contributed by atoms with Crippen LogP contribution in [0.3, 0.4) is 0 Å². The van der Waals surface area contributed by atoms with E-state index in [4.69, 9.17) is 4.43 Å². The van der Waals surface area contributed by atoms with Gasteiger partial charge in [0.05, 0.1) is 0 Å². The second-order valence-corrected chi connectivity index (χ2v) is 14.0. The Bertz CT molecular complexity index is 1290. The third kappa shape index (κ3) is 7.37. The minimum absolute atomic E-state index is 0. The van der Waals surface area contributed by atoms with E-state index in [-0.39, 0.29) is 45.8 Å². The number of benzene rings is 3. The summed E-state index contributed by atoms with van der Waals surface area (Å²) in [5, 5.41) is 5.41. The first kappa shape index (κ1) is 35.1. The Hall–Kier alpha value is -0.873. The molecule has 4 aromatic carbocycles. The molecule has 0 N–H and O–H groups in total. The van der Waals surface area contributed by atoms with Gasteiger partial charge in [-0.15, -0.1) is 58.5 Å². The zero-order valence-corrected chi connectivity index (χ0v) is 28.2. The maximum absolute atomic E-state index is 6.42. The standard InChI is InChI=1S/C28H29OSi.2CH3.2ClH.Si.Zr/c1-19(29-30(2,3)4)16-22-17-20-10-6-8-13-24(20)28(22)26-15-9-14-25-23-12-7-5-11-21(23)18-27(25)26;;;;;;/h5-15,17-19,28H,16H2,1-4H3;2*1H3;2*1H;;/q3*-1;;;;. The van der Waals surface area contributed by atoms with E-state index in [0.717, 1.165) is 6.42 Å². The Balaban J connectivity index is 0.00000199. The summed E-state index contributed by atoms with van der Waals surface area (Å²) < 4.78 is 6.42. The van der Waals surface area contributed by atoms with Crippen LogP contribution in [0.1, 0.15) is 36.0 Å². The normalized spacial score (nSPS) is 14.5. The molecule has 0 saturated carbocycles. The summed E-state index contributed by atoms with van der Waals surface area (Å²) in [6, 6.07) is 26.8. The molecular weight excluding hydrogens is 595 g/mol. The average molecular weight is 632 g/mol. The second-order valence-electron chi connectivity index (χ2n) is 9.57. The van der Waals surface area contributed by atoms with Gasteiger partial charge in [-0.25, -0.2) is 0 Å². The van der Waals surface area contributed by atoms with Crippen LogP contribution in [0, 0.1) is 14.9 Å². The van der Waals surface area contributed by atoms with Crippen LogP contribution in [0.2, 0.25) is 19.6 Å². The number of halogens is 2. The molecule has 6 heteroatoms. The molecule has 0 amide bonds. The molecule has 0 spiro atoms. The Labute approximate surface area is 248 Å². The Morgan fingerprint density at radius 1 is 0.861 bits per heavy atom. The first-order valence-corrected chi connectivity index (χ1v) is 18.8. The fourth-order valence-corrected chi connectivity index (χ4v) is 6.45. The van der Waals surface area contributed by atoms with Crippen molar-refractivity contribution in [2.24, 2.45) is 0 Å². The van der Waals surface area contributed by atoms with E-state index < -0.39 is 8.32 Å². The summed E-state index contributed by atoms with van der Waals surface area (Å²) in [4.78, 5) is 0. The molecule has 5 rings (SSSR count). The number of fused-ring (bicyclic) bond motifs is 4. The van der Waals surface area contributed by atoms with E-state index in [1.54, 1.807) is 0 Å². The van der Waals surface area contributed by atoms with Gasteiger partial charge in [0.2, 0.25) is 0 Å². The van der Waals surface area contributed by atoms with Crippen LogP contribution >= 0.6 is 24.8 Å². The first-order valence-electron chi connectivity index (χ1n) is 11.2. The van der Waals surface area contributed by atoms with E-state index in [9.17, 15) is 0 Å². The van der Waals surface area contributed by atoms with Crippen molar-refractivity contribution >= 4 is 67.6 Å². The quantitative estimate of drug-likeness (QED) is 0.158. The molecule has 0 fully saturated rings. The van der Waals surface area contributed by atoms with Crippen LogP contribution in [-0.4, -0.2) is 21.3 Å². The van der Waals surface area contributed by atoms with Gasteiger partial charge in [0.15, 0.2) is 8.32 Å². The summed E-state index contributed by atoms with van der Waals surface area (Å²) >= 11 is 1.36. The predicted molar refractivity (Wildman–Crippen MR) is 165 cm³/mol. The van der Waals surface area contributed by atoms with Crippen LogP contribution in [0.5, 0.6) is 0 Å². The van der Waals surface area contributed by atoms with Crippen LogP contribution in [0.4, 0.5) is 0 Å². The van der Waals surface area contributed by atoms with Crippen molar-refractivity contribution in [2.45, 2.75) is 45.0 Å². The van der Waals surface area contributed by atoms with Gasteiger partial charge in [-0.05, 0) is 44.1 Å². The van der Waals surface area contributed by atoms with Gasteiger partial charge in [-0.1, -0.05) is 77.9 Å². The summed E-state index contributed by atoms with van der Waals surface area (Å²) in [7, 11) is -1.57. The fourth-order valence-electron chi connectivity index (χ4n) is 5.16. The number of hydrogen-bond acceptors (Lipinski definition) is 1. The topological polar surface area (TPSA) is 9.23 Å². The zero-order chi connectivity index (χ0) is 22.9. The SMILES string of the molecule is CC(CC1=Cc2ccccc2C1c1cccc2c1[cH-]c1ccccc12)O[Si](C)(C)C.Cl.Cl.[CH3-].[CH3-].[Si]=[Zr]. The summed E-state index contributed by atoms with van der Waals surface area (Å²) in [6.45, 7) is 12.1. The molecule has 2 radical (unpaired) electrons. The monoisotopic (exact) mass is 629 g/mol. The van der Waals surface area contributed by atoms with Crippen molar-refractivity contribution in [3.8, 4) is 0 Å². The summed E-state index contributed by atoms with van der Waals surface area (Å²) in [6.07, 6.45) is 3.61. The van der Waals surface area contributed by atoms with E-state index in [1.165, 1.54) is 67.1 Å². The van der Waals surface area contributed by atoms with Gasteiger partial charge < -0.3 is 19.3 Å². The van der Waals surface area contributed by atoms with Crippen molar-refractivity contribution in [3.63, 3.8) is 0 Å². The van der Waals surface area contributed by atoms with Crippen molar-refractivity contribution in [2.75, 3.05) is 0 Å². The van der Waals surface area contributed by atoms with Gasteiger partial charge >= 0.3 is 30.2 Å². The molecule has 1 aliphatic carbocycles. The minimum atomic E-state index is -1.57. The van der Waals surface area contributed by atoms with Crippen LogP contribution in [-0.2, 0) is 27.8 Å². The van der Waals surface area contributed by atoms with E-state index in [1.807, 2.05) is 0 Å². The van der Waals surface area contributed by atoms with E-state index in [0.29, 0.717) is 5.92 Å². The van der Waals surface area contributed by atoms with Crippen molar-refractivity contribution in [1.82, 2.24) is 0 Å². The number of rotatable bonds is 5. The predicted octanol–water partition coefficient (Wildman–Crippen LogP) is 9.23. The molecule has 36 heavy (non-hydrogen) atoms. The van der Waals surface area contributed by atoms with E-state index in [2.05, 4.69) is 112 Å². The Morgan fingerprint density at radius 2 is 1.44 bits per heavy atom. The average Bonchev–Trinajstić information content (AvgIpc) is 3.31. The molecular formula is C30H37Cl2OSi2Zr-3. The van der Waals surface area contributed by atoms with Crippen LogP contribution in [0.15, 0.2) is 78.4 Å². The molecule has 0 saturated heterocycles. The van der Waals surface area contributed by atoms with E-state index >= 15 is 0 Å². The van der Waals surface area contributed by atoms with Crippen LogP contribution < -0.4 is 0 Å². The second kappa shape index (κ2) is 14.9. The van der Waals surface area contributed by atoms with Gasteiger partial charge in [0.1, 0.15) is 0 Å². The third-order valence-electron chi connectivity index (χ3n) is 6.10. The van der Waals surface area contributed by atoms with Gasteiger partial charge in [0, 0.05) is 12.0 Å². The molecule has 0 heterocycles. The zero-order valence-electron chi connectivity index (χ0n) is 22.1. The molecule has 2 atom stereocenters. The van der Waals surface area contributed by atoms with Gasteiger partial charge in [-0.2, -0.15) is 0 Å². The first-order chi connectivity index (χ1) is 15.4. The molecule has 1 nitrogen and oxygen atoms in total. The van der Waals surface area contributed by atoms with Gasteiger partial charge in [-0.3, -0.25) is 0 Å². The molecule has 2 unspecified atom stereocenters. The van der Waals surface area contributed by atoms with Crippen molar-refractivity contribution in [3.05, 3.63) is 110 Å². The van der Waals surface area contributed by atoms with Gasteiger partial charge in [0.25, 0.3) is 0 Å². The fraction of sp³-hybridized carbons (Fsp3) is 0.233.